The number of halogens is 2. The van der Waals surface area contributed by atoms with E-state index in [0.717, 1.165) is 0 Å². The molecule has 1 N–H and O–H groups in total. The minimum absolute atomic E-state index is 1.45. The number of nitrogens with one attached hydrogen (secondary N) is 1. The van der Waals surface area contributed by atoms with Gasteiger partial charge in [0.05, 0.1) is 9.39 Å². The summed E-state index contributed by atoms with van der Waals surface area (Å²) in [6, 6.07) is 0. The molecular formula is HF2NP2. The maximum absolute atomic E-state index is 10.6. The normalized spacial score (nSPS) is 9.60. The summed E-state index contributed by atoms with van der Waals surface area (Å²) >= 11 is 0. The SMILES string of the molecule is FP(F)N[P]. The van der Waals surface area contributed by atoms with E-state index in [0.29, 0.717) is 0 Å². The Kier molecular flexibility index (Phi) is 3.29. The Morgan fingerprint density at radius 3 is 1.80 bits per heavy atom. The molecule has 5 heteroatoms. The number of hydrogen-bond donors (Lipinski definition) is 1. The summed E-state index contributed by atoms with van der Waals surface area (Å²) in [6.07, 6.45) is 0. The van der Waals surface area contributed by atoms with Crippen molar-refractivity contribution in [2.75, 3.05) is 0 Å². The molecule has 0 saturated heterocycles. The van der Waals surface area contributed by atoms with Gasteiger partial charge in [-0.05, 0) is 0 Å². The Morgan fingerprint density at radius 1 is 1.60 bits per heavy atom. The van der Waals surface area contributed by atoms with Gasteiger partial charge in [-0.3, -0.25) is 0 Å². The van der Waals surface area contributed by atoms with E-state index in [1.165, 1.54) is 4.86 Å². The molecule has 0 aromatic rings. The van der Waals surface area contributed by atoms with Crippen molar-refractivity contribution in [3.63, 3.8) is 0 Å². The molecule has 0 aliphatic rings. The highest BCUT2D eigenvalue weighted by atomic mass is 31.2. The highest BCUT2D eigenvalue weighted by molar-refractivity contribution is 7.51. The highest BCUT2D eigenvalue weighted by Crippen LogP contribution is 2.33. The molecule has 30 valence electrons. The molecular weight excluding hydrogens is 114 g/mol. The maximum Gasteiger partial charge on any atom is 0.347 e. The van der Waals surface area contributed by atoms with Crippen LogP contribution in [-0.4, -0.2) is 0 Å². The van der Waals surface area contributed by atoms with Gasteiger partial charge in [-0.2, -0.15) is 8.39 Å². The summed E-state index contributed by atoms with van der Waals surface area (Å²) in [5, 5.41) is 0. The molecule has 0 aliphatic carbocycles. The zero-order chi connectivity index (χ0) is 4.28. The van der Waals surface area contributed by atoms with E-state index in [-0.39, 0.29) is 0 Å². The zero-order valence-electron chi connectivity index (χ0n) is 2.15. The van der Waals surface area contributed by atoms with Gasteiger partial charge in [0.2, 0.25) is 0 Å². The van der Waals surface area contributed by atoms with Gasteiger partial charge < -0.3 is 0 Å². The van der Waals surface area contributed by atoms with E-state index < -0.39 is 8.69 Å². The van der Waals surface area contributed by atoms with Crippen LogP contribution in [0.2, 0.25) is 0 Å². The lowest BCUT2D eigenvalue weighted by atomic mass is 13.9. The Morgan fingerprint density at radius 2 is 1.80 bits per heavy atom. The van der Waals surface area contributed by atoms with E-state index >= 15 is 0 Å². The molecule has 0 fully saturated rings. The first kappa shape index (κ1) is 5.68. The second-order valence-electron chi connectivity index (χ2n) is 0.333. The molecule has 0 amide bonds. The molecule has 0 saturated carbocycles. The van der Waals surface area contributed by atoms with Crippen LogP contribution in [0.15, 0.2) is 0 Å². The monoisotopic (exact) mass is 115 g/mol. The van der Waals surface area contributed by atoms with E-state index in [2.05, 4.69) is 9.39 Å². The van der Waals surface area contributed by atoms with Crippen molar-refractivity contribution in [3.8, 4) is 0 Å². The van der Waals surface area contributed by atoms with Crippen LogP contribution in [0, 0.1) is 0 Å². The minimum Gasteiger partial charge on any atom is -0.210 e. The molecule has 0 aliphatic heterocycles. The average molecular weight is 115 g/mol. The Labute approximate surface area is 32.4 Å². The van der Waals surface area contributed by atoms with E-state index in [4.69, 9.17) is 0 Å². The predicted octanol–water partition coefficient (Wildman–Crippen LogP) is 2.07. The lowest BCUT2D eigenvalue weighted by molar-refractivity contribution is 0.739. The van der Waals surface area contributed by atoms with Crippen LogP contribution >= 0.6 is 18.1 Å². The third-order valence-corrected chi connectivity index (χ3v) is 0.680. The van der Waals surface area contributed by atoms with Gasteiger partial charge in [0.15, 0.2) is 0 Å². The average Bonchev–Trinajstić information content (AvgIpc) is 1.38. The quantitative estimate of drug-likeness (QED) is 0.515. The fourth-order valence-corrected chi connectivity index (χ4v) is 0. The second kappa shape index (κ2) is 2.89. The summed E-state index contributed by atoms with van der Waals surface area (Å²) in [7, 11) is 0.0602. The standard InChI is InChI=1S/F2HNP2/c1-5(2)3-4/h3H. The van der Waals surface area contributed by atoms with Crippen molar-refractivity contribution in [1.82, 2.24) is 4.86 Å². The molecule has 0 aromatic heterocycles. The van der Waals surface area contributed by atoms with Crippen LogP contribution in [0.4, 0.5) is 8.39 Å². The van der Waals surface area contributed by atoms with Gasteiger partial charge in [0, 0.05) is 0 Å². The first-order valence-electron chi connectivity index (χ1n) is 0.785. The summed E-state index contributed by atoms with van der Waals surface area (Å²) in [6.45, 7) is 0. The van der Waals surface area contributed by atoms with E-state index in [1.54, 1.807) is 0 Å². The molecule has 0 atom stereocenters. The van der Waals surface area contributed by atoms with Gasteiger partial charge in [0.25, 0.3) is 0 Å². The van der Waals surface area contributed by atoms with Gasteiger partial charge in [0.1, 0.15) is 0 Å². The second-order valence-corrected chi connectivity index (χ2v) is 1.60. The smallest absolute Gasteiger partial charge is 0.210 e. The fraction of sp³-hybridized carbons (Fsp3) is 0. The van der Waals surface area contributed by atoms with Crippen LogP contribution in [0.3, 0.4) is 0 Å². The van der Waals surface area contributed by atoms with E-state index in [1.807, 2.05) is 0 Å². The summed E-state index contributed by atoms with van der Waals surface area (Å²) in [5.74, 6) is 0. The molecule has 0 unspecified atom stereocenters. The van der Waals surface area contributed by atoms with Gasteiger partial charge in [-0.15, -0.1) is 0 Å². The third kappa shape index (κ3) is 4.68. The van der Waals surface area contributed by atoms with Crippen molar-refractivity contribution in [1.29, 1.82) is 0 Å². The van der Waals surface area contributed by atoms with Crippen molar-refractivity contribution >= 4 is 18.1 Å². The molecule has 0 heterocycles. The zero-order valence-corrected chi connectivity index (χ0v) is 3.94. The van der Waals surface area contributed by atoms with Crippen LogP contribution in [-0.2, 0) is 0 Å². The van der Waals surface area contributed by atoms with Crippen molar-refractivity contribution < 1.29 is 8.39 Å². The molecule has 0 aromatic carbocycles. The summed E-state index contributed by atoms with van der Waals surface area (Å²) < 4.78 is 21.3. The largest absolute Gasteiger partial charge is 0.347 e. The van der Waals surface area contributed by atoms with Gasteiger partial charge >= 0.3 is 8.69 Å². The molecule has 2 radical (unpaired) electrons. The summed E-state index contributed by atoms with van der Waals surface area (Å²) in [5.41, 5.74) is 0. The Bertz CT molecular complexity index is 21.6. The molecule has 1 nitrogen and oxygen atoms in total. The van der Waals surface area contributed by atoms with Crippen LogP contribution in [0.1, 0.15) is 0 Å². The van der Waals surface area contributed by atoms with Gasteiger partial charge in [-0.25, -0.2) is 4.86 Å². The summed E-state index contributed by atoms with van der Waals surface area (Å²) in [4.78, 5) is 1.45. The van der Waals surface area contributed by atoms with Crippen molar-refractivity contribution in [2.45, 2.75) is 0 Å². The molecule has 5 heavy (non-hydrogen) atoms. The first-order valence-corrected chi connectivity index (χ1v) is 2.36. The van der Waals surface area contributed by atoms with Crippen LogP contribution in [0.5, 0.6) is 0 Å². The third-order valence-electron chi connectivity index (χ3n) is 0.0756. The number of hydrogen-bond acceptors (Lipinski definition) is 1. The first-order chi connectivity index (χ1) is 2.27. The fourth-order valence-electron chi connectivity index (χ4n) is 0. The topological polar surface area (TPSA) is 12.0 Å². The van der Waals surface area contributed by atoms with Crippen LogP contribution in [0.25, 0.3) is 0 Å². The van der Waals surface area contributed by atoms with E-state index in [9.17, 15) is 8.39 Å². The lowest BCUT2D eigenvalue weighted by Gasteiger charge is -1.81. The Balaban J connectivity index is 2.54. The van der Waals surface area contributed by atoms with Gasteiger partial charge in [-0.1, -0.05) is 0 Å². The molecule has 0 spiro atoms. The predicted molar refractivity (Wildman–Crippen MR) is 19.2 cm³/mol. The molecule has 0 rings (SSSR count). The lowest BCUT2D eigenvalue weighted by Crippen LogP contribution is -1.71. The molecule has 0 bridgehead atoms. The Hall–Kier alpha value is 0.680. The number of rotatable bonds is 1. The van der Waals surface area contributed by atoms with Crippen molar-refractivity contribution in [2.24, 2.45) is 0 Å². The maximum atomic E-state index is 10.6. The van der Waals surface area contributed by atoms with Crippen LogP contribution < -0.4 is 4.86 Å². The minimum atomic E-state index is -2.98. The highest BCUT2D eigenvalue weighted by Gasteiger charge is 1.93. The van der Waals surface area contributed by atoms with Crippen molar-refractivity contribution in [3.05, 3.63) is 0 Å².